The van der Waals surface area contributed by atoms with Gasteiger partial charge in [-0.1, -0.05) is 6.07 Å². The lowest BCUT2D eigenvalue weighted by atomic mass is 10.1. The summed E-state index contributed by atoms with van der Waals surface area (Å²) in [5, 5.41) is 6.97. The molecule has 1 atom stereocenters. The molecule has 21 heavy (non-hydrogen) atoms. The number of alkyl halides is 3. The Morgan fingerprint density at radius 2 is 1.95 bits per heavy atom. The van der Waals surface area contributed by atoms with Gasteiger partial charge >= 0.3 is 6.18 Å². The van der Waals surface area contributed by atoms with E-state index in [4.69, 9.17) is 0 Å². The largest absolute Gasteiger partial charge is 0.405 e. The number of carbonyl (C=O) groups excluding carboxylic acids is 2. The molecule has 1 aromatic rings. The summed E-state index contributed by atoms with van der Waals surface area (Å²) < 4.78 is 36.0. The number of benzene rings is 1. The second-order valence-corrected chi connectivity index (χ2v) is 4.36. The Morgan fingerprint density at radius 3 is 2.52 bits per heavy atom. The van der Waals surface area contributed by atoms with Crippen LogP contribution in [-0.4, -0.2) is 37.6 Å². The fraction of sp³-hybridized carbons (Fsp3) is 0.385. The predicted octanol–water partition coefficient (Wildman–Crippen LogP) is 1.53. The van der Waals surface area contributed by atoms with E-state index in [9.17, 15) is 22.8 Å². The first-order chi connectivity index (χ1) is 9.73. The number of rotatable bonds is 5. The Balaban J connectivity index is 2.64. The minimum Gasteiger partial charge on any atom is -0.374 e. The number of hydrogen-bond acceptors (Lipinski definition) is 3. The van der Waals surface area contributed by atoms with E-state index in [1.54, 1.807) is 23.5 Å². The molecule has 2 amide bonds. The van der Waals surface area contributed by atoms with E-state index in [2.05, 4.69) is 10.6 Å². The molecule has 1 aromatic carbocycles. The van der Waals surface area contributed by atoms with Gasteiger partial charge in [0.25, 0.3) is 5.91 Å². The second-order valence-electron chi connectivity index (χ2n) is 4.36. The van der Waals surface area contributed by atoms with Gasteiger partial charge in [0.05, 0.1) is 0 Å². The number of amides is 2. The van der Waals surface area contributed by atoms with Crippen LogP contribution in [0.1, 0.15) is 17.3 Å². The molecule has 116 valence electrons. The van der Waals surface area contributed by atoms with Crippen LogP contribution in [0.25, 0.3) is 0 Å². The van der Waals surface area contributed by atoms with Crippen molar-refractivity contribution < 1.29 is 22.8 Å². The Morgan fingerprint density at radius 1 is 1.29 bits per heavy atom. The summed E-state index contributed by atoms with van der Waals surface area (Å²) in [5.74, 6) is -1.08. The van der Waals surface area contributed by atoms with Crippen LogP contribution < -0.4 is 16.0 Å². The van der Waals surface area contributed by atoms with Gasteiger partial charge in [0, 0.05) is 18.3 Å². The number of hydrogen-bond donors (Lipinski definition) is 3. The van der Waals surface area contributed by atoms with Crippen molar-refractivity contribution in [2.75, 3.05) is 18.9 Å². The minimum absolute atomic E-state index is 0.298. The van der Waals surface area contributed by atoms with Crippen molar-refractivity contribution in [3.8, 4) is 0 Å². The van der Waals surface area contributed by atoms with Gasteiger partial charge in [-0.25, -0.2) is 0 Å². The van der Waals surface area contributed by atoms with Crippen LogP contribution in [0.2, 0.25) is 0 Å². The summed E-state index contributed by atoms with van der Waals surface area (Å²) in [7, 11) is 1.48. The van der Waals surface area contributed by atoms with E-state index in [0.717, 1.165) is 0 Å². The van der Waals surface area contributed by atoms with E-state index < -0.39 is 24.7 Å². The number of anilines is 1. The molecule has 0 heterocycles. The quantitative estimate of drug-likeness (QED) is 0.772. The highest BCUT2D eigenvalue weighted by atomic mass is 19.4. The first-order valence-corrected chi connectivity index (χ1v) is 6.16. The van der Waals surface area contributed by atoms with Crippen LogP contribution in [0.15, 0.2) is 24.3 Å². The smallest absolute Gasteiger partial charge is 0.374 e. The predicted molar refractivity (Wildman–Crippen MR) is 72.0 cm³/mol. The van der Waals surface area contributed by atoms with E-state index in [0.29, 0.717) is 11.3 Å². The molecule has 0 radical (unpaired) electrons. The van der Waals surface area contributed by atoms with Crippen molar-refractivity contribution in [1.82, 2.24) is 10.6 Å². The SMILES string of the molecule is CNC(=O)c1cccc(NC(C)C(=O)NCC(F)(F)F)c1. The van der Waals surface area contributed by atoms with Crippen LogP contribution in [-0.2, 0) is 4.79 Å². The summed E-state index contributed by atoms with van der Waals surface area (Å²) in [6, 6.07) is 5.44. The first kappa shape index (κ1) is 16.8. The van der Waals surface area contributed by atoms with E-state index in [1.807, 2.05) is 0 Å². The van der Waals surface area contributed by atoms with Crippen molar-refractivity contribution in [1.29, 1.82) is 0 Å². The summed E-state index contributed by atoms with van der Waals surface area (Å²) in [5.41, 5.74) is 0.844. The van der Waals surface area contributed by atoms with Gasteiger partial charge in [-0.05, 0) is 25.1 Å². The van der Waals surface area contributed by atoms with Crippen molar-refractivity contribution in [3.05, 3.63) is 29.8 Å². The van der Waals surface area contributed by atoms with Crippen molar-refractivity contribution >= 4 is 17.5 Å². The van der Waals surface area contributed by atoms with Crippen molar-refractivity contribution in [2.24, 2.45) is 0 Å². The number of nitrogens with one attached hydrogen (secondary N) is 3. The standard InChI is InChI=1S/C13H16F3N3O2/c1-8(11(20)18-7-13(14,15)16)19-10-5-3-4-9(6-10)12(21)17-2/h3-6,8,19H,7H2,1-2H3,(H,17,21)(H,18,20). The average Bonchev–Trinajstić information content (AvgIpc) is 2.43. The summed E-state index contributed by atoms with van der Waals surface area (Å²) in [6.07, 6.45) is -4.45. The molecule has 1 rings (SSSR count). The lowest BCUT2D eigenvalue weighted by Gasteiger charge is -2.16. The third-order valence-electron chi connectivity index (χ3n) is 2.59. The molecule has 1 unspecified atom stereocenters. The molecular formula is C13H16F3N3O2. The number of carbonyl (C=O) groups is 2. The molecule has 0 spiro atoms. The van der Waals surface area contributed by atoms with E-state index in [-0.39, 0.29) is 5.91 Å². The zero-order valence-electron chi connectivity index (χ0n) is 11.5. The van der Waals surface area contributed by atoms with Gasteiger partial charge < -0.3 is 16.0 Å². The van der Waals surface area contributed by atoms with Gasteiger partial charge in [-0.2, -0.15) is 13.2 Å². The molecule has 0 bridgehead atoms. The zero-order chi connectivity index (χ0) is 16.0. The molecule has 0 aliphatic carbocycles. The minimum atomic E-state index is -4.45. The van der Waals surface area contributed by atoms with E-state index >= 15 is 0 Å². The lowest BCUT2D eigenvalue weighted by molar-refractivity contribution is -0.138. The average molecular weight is 303 g/mol. The highest BCUT2D eigenvalue weighted by Crippen LogP contribution is 2.14. The highest BCUT2D eigenvalue weighted by Gasteiger charge is 2.28. The topological polar surface area (TPSA) is 70.2 Å². The lowest BCUT2D eigenvalue weighted by Crippen LogP contribution is -2.42. The molecule has 0 saturated carbocycles. The summed E-state index contributed by atoms with van der Waals surface area (Å²) >= 11 is 0. The van der Waals surface area contributed by atoms with Gasteiger partial charge in [0.2, 0.25) is 5.91 Å². The van der Waals surface area contributed by atoms with Crippen LogP contribution in [0.4, 0.5) is 18.9 Å². The normalized spacial score (nSPS) is 12.4. The Hall–Kier alpha value is -2.25. The third-order valence-corrected chi connectivity index (χ3v) is 2.59. The van der Waals surface area contributed by atoms with Crippen LogP contribution in [0, 0.1) is 0 Å². The van der Waals surface area contributed by atoms with Gasteiger partial charge in [0.1, 0.15) is 12.6 Å². The molecule has 5 nitrogen and oxygen atoms in total. The summed E-state index contributed by atoms with van der Waals surface area (Å²) in [4.78, 5) is 23.0. The highest BCUT2D eigenvalue weighted by molar-refractivity contribution is 5.95. The Labute approximate surface area is 119 Å². The Bertz CT molecular complexity index is 518. The van der Waals surface area contributed by atoms with Gasteiger partial charge in [-0.15, -0.1) is 0 Å². The van der Waals surface area contributed by atoms with Crippen molar-refractivity contribution in [3.63, 3.8) is 0 Å². The maximum atomic E-state index is 12.0. The van der Waals surface area contributed by atoms with Crippen molar-refractivity contribution in [2.45, 2.75) is 19.1 Å². The molecular weight excluding hydrogens is 287 g/mol. The van der Waals surface area contributed by atoms with Crippen LogP contribution in [0.3, 0.4) is 0 Å². The Kier molecular flexibility index (Phi) is 5.57. The fourth-order valence-corrected chi connectivity index (χ4v) is 1.55. The molecule has 0 fully saturated rings. The third kappa shape index (κ3) is 5.72. The maximum Gasteiger partial charge on any atom is 0.405 e. The maximum absolute atomic E-state index is 12.0. The molecule has 0 saturated heterocycles. The van der Waals surface area contributed by atoms with Crippen LogP contribution in [0.5, 0.6) is 0 Å². The van der Waals surface area contributed by atoms with Crippen LogP contribution >= 0.6 is 0 Å². The first-order valence-electron chi connectivity index (χ1n) is 6.16. The molecule has 3 N–H and O–H groups in total. The molecule has 0 aromatic heterocycles. The van der Waals surface area contributed by atoms with E-state index in [1.165, 1.54) is 20.0 Å². The fourth-order valence-electron chi connectivity index (χ4n) is 1.55. The second kappa shape index (κ2) is 6.96. The zero-order valence-corrected chi connectivity index (χ0v) is 11.5. The monoisotopic (exact) mass is 303 g/mol. The molecule has 0 aliphatic heterocycles. The summed E-state index contributed by atoms with van der Waals surface area (Å²) in [6.45, 7) is 0.0500. The number of halogens is 3. The van der Waals surface area contributed by atoms with Gasteiger partial charge in [-0.3, -0.25) is 9.59 Å². The van der Waals surface area contributed by atoms with Gasteiger partial charge in [0.15, 0.2) is 0 Å². The molecule has 0 aliphatic rings. The molecule has 8 heteroatoms.